The second-order valence-corrected chi connectivity index (χ2v) is 4.22. The molecule has 0 bridgehead atoms. The maximum atomic E-state index is 11.9. The fourth-order valence-corrected chi connectivity index (χ4v) is 1.57. The van der Waals surface area contributed by atoms with Crippen LogP contribution in [0.2, 0.25) is 0 Å². The number of rotatable bonds is 4. The van der Waals surface area contributed by atoms with Crippen molar-refractivity contribution in [3.8, 4) is 0 Å². The van der Waals surface area contributed by atoms with Crippen LogP contribution in [0.3, 0.4) is 0 Å². The Bertz CT molecular complexity index is 465. The molecule has 6 heteroatoms. The highest BCUT2D eigenvalue weighted by atomic mass is 16.5. The molecule has 1 rings (SSSR count). The minimum atomic E-state index is -0.516. The van der Waals surface area contributed by atoms with Gasteiger partial charge in [-0.25, -0.2) is 4.79 Å². The molecule has 1 unspecified atom stereocenters. The van der Waals surface area contributed by atoms with Gasteiger partial charge in [-0.05, 0) is 13.3 Å². The number of esters is 1. The van der Waals surface area contributed by atoms with Crippen LogP contribution in [0.1, 0.15) is 36.5 Å². The van der Waals surface area contributed by atoms with E-state index in [0.717, 1.165) is 6.42 Å². The number of nitrogens with one attached hydrogen (secondary N) is 1. The van der Waals surface area contributed by atoms with Gasteiger partial charge in [-0.15, -0.1) is 0 Å². The summed E-state index contributed by atoms with van der Waals surface area (Å²) < 4.78 is 6.10. The number of carbonyl (C=O) groups is 2. The van der Waals surface area contributed by atoms with Crippen molar-refractivity contribution in [2.24, 2.45) is 13.0 Å². The molecule has 1 amide bonds. The van der Waals surface area contributed by atoms with Gasteiger partial charge in [0.1, 0.15) is 0 Å². The van der Waals surface area contributed by atoms with Crippen molar-refractivity contribution >= 4 is 17.6 Å². The SMILES string of the molecule is CCC(C)C(=O)Nc1c(C)nn(C)c1C(=O)OC. The summed E-state index contributed by atoms with van der Waals surface area (Å²) in [4.78, 5) is 23.5. The van der Waals surface area contributed by atoms with E-state index in [1.165, 1.54) is 11.8 Å². The summed E-state index contributed by atoms with van der Waals surface area (Å²) in [5, 5.41) is 6.86. The maximum absolute atomic E-state index is 11.9. The van der Waals surface area contributed by atoms with Crippen LogP contribution in [-0.4, -0.2) is 28.8 Å². The van der Waals surface area contributed by atoms with E-state index in [1.54, 1.807) is 14.0 Å². The van der Waals surface area contributed by atoms with Gasteiger partial charge in [0, 0.05) is 13.0 Å². The standard InChI is InChI=1S/C12H19N3O3/c1-6-7(2)11(16)13-9-8(3)14-15(4)10(9)12(17)18-5/h7H,6H2,1-5H3,(H,13,16). The van der Waals surface area contributed by atoms with Crippen molar-refractivity contribution in [3.63, 3.8) is 0 Å². The fourth-order valence-electron chi connectivity index (χ4n) is 1.57. The minimum absolute atomic E-state index is 0.116. The third kappa shape index (κ3) is 2.69. The van der Waals surface area contributed by atoms with Gasteiger partial charge in [0.05, 0.1) is 18.5 Å². The lowest BCUT2D eigenvalue weighted by atomic mass is 10.1. The quantitative estimate of drug-likeness (QED) is 0.825. The van der Waals surface area contributed by atoms with Crippen LogP contribution in [0, 0.1) is 12.8 Å². The highest BCUT2D eigenvalue weighted by Crippen LogP contribution is 2.21. The first-order valence-electron chi connectivity index (χ1n) is 5.85. The number of hydrogen-bond acceptors (Lipinski definition) is 4. The summed E-state index contributed by atoms with van der Waals surface area (Å²) in [7, 11) is 2.93. The zero-order valence-corrected chi connectivity index (χ0v) is 11.4. The highest BCUT2D eigenvalue weighted by molar-refractivity contribution is 6.01. The molecule has 0 saturated carbocycles. The van der Waals surface area contributed by atoms with Gasteiger partial charge in [0.25, 0.3) is 0 Å². The zero-order valence-electron chi connectivity index (χ0n) is 11.4. The zero-order chi connectivity index (χ0) is 13.9. The molecule has 1 N–H and O–H groups in total. The molecule has 0 aliphatic heterocycles. The van der Waals surface area contributed by atoms with Gasteiger partial charge in [-0.3, -0.25) is 9.48 Å². The molecule has 0 aromatic carbocycles. The number of nitrogens with zero attached hydrogens (tertiary/aromatic N) is 2. The Hall–Kier alpha value is -1.85. The number of anilines is 1. The van der Waals surface area contributed by atoms with E-state index in [9.17, 15) is 9.59 Å². The summed E-state index contributed by atoms with van der Waals surface area (Å²) in [5.74, 6) is -0.758. The van der Waals surface area contributed by atoms with Crippen LogP contribution in [-0.2, 0) is 16.6 Å². The summed E-state index contributed by atoms with van der Waals surface area (Å²) in [5.41, 5.74) is 1.27. The molecule has 1 aromatic heterocycles. The number of aryl methyl sites for hydroxylation is 2. The first-order valence-corrected chi connectivity index (χ1v) is 5.85. The molecule has 6 nitrogen and oxygen atoms in total. The lowest BCUT2D eigenvalue weighted by Gasteiger charge is -2.10. The average molecular weight is 253 g/mol. The Morgan fingerprint density at radius 3 is 2.61 bits per heavy atom. The lowest BCUT2D eigenvalue weighted by molar-refractivity contribution is -0.119. The van der Waals surface area contributed by atoms with Gasteiger partial charge in [-0.1, -0.05) is 13.8 Å². The number of carbonyl (C=O) groups excluding carboxylic acids is 2. The largest absolute Gasteiger partial charge is 0.464 e. The van der Waals surface area contributed by atoms with Crippen molar-refractivity contribution < 1.29 is 14.3 Å². The molecule has 1 atom stereocenters. The van der Waals surface area contributed by atoms with Crippen molar-refractivity contribution in [2.45, 2.75) is 27.2 Å². The van der Waals surface area contributed by atoms with Crippen molar-refractivity contribution in [1.82, 2.24) is 9.78 Å². The summed E-state index contributed by atoms with van der Waals surface area (Å²) >= 11 is 0. The number of ether oxygens (including phenoxy) is 1. The Morgan fingerprint density at radius 1 is 1.50 bits per heavy atom. The second-order valence-electron chi connectivity index (χ2n) is 4.22. The molecule has 0 aliphatic rings. The maximum Gasteiger partial charge on any atom is 0.358 e. The smallest absolute Gasteiger partial charge is 0.358 e. The molecule has 0 radical (unpaired) electrons. The van der Waals surface area contributed by atoms with Crippen LogP contribution >= 0.6 is 0 Å². The van der Waals surface area contributed by atoms with Crippen LogP contribution in [0.4, 0.5) is 5.69 Å². The fraction of sp³-hybridized carbons (Fsp3) is 0.583. The number of aromatic nitrogens is 2. The molecule has 0 saturated heterocycles. The molecule has 0 spiro atoms. The molecular weight excluding hydrogens is 234 g/mol. The van der Waals surface area contributed by atoms with E-state index in [1.807, 2.05) is 13.8 Å². The van der Waals surface area contributed by atoms with E-state index in [2.05, 4.69) is 15.2 Å². The Balaban J connectivity index is 3.08. The van der Waals surface area contributed by atoms with Crippen molar-refractivity contribution in [3.05, 3.63) is 11.4 Å². The monoisotopic (exact) mass is 253 g/mol. The predicted molar refractivity (Wildman–Crippen MR) is 67.4 cm³/mol. The highest BCUT2D eigenvalue weighted by Gasteiger charge is 2.23. The van der Waals surface area contributed by atoms with Gasteiger partial charge in [0.2, 0.25) is 5.91 Å². The van der Waals surface area contributed by atoms with E-state index < -0.39 is 5.97 Å². The van der Waals surface area contributed by atoms with Gasteiger partial charge >= 0.3 is 5.97 Å². The Morgan fingerprint density at radius 2 is 2.11 bits per heavy atom. The summed E-state index contributed by atoms with van der Waals surface area (Å²) in [6, 6.07) is 0. The summed E-state index contributed by atoms with van der Waals surface area (Å²) in [6.45, 7) is 5.50. The molecular formula is C12H19N3O3. The van der Waals surface area contributed by atoms with E-state index in [4.69, 9.17) is 0 Å². The van der Waals surface area contributed by atoms with Crippen LogP contribution in [0.25, 0.3) is 0 Å². The Labute approximate surface area is 106 Å². The first-order chi connectivity index (χ1) is 8.42. The Kier molecular flexibility index (Phi) is 4.47. The lowest BCUT2D eigenvalue weighted by Crippen LogP contribution is -2.22. The minimum Gasteiger partial charge on any atom is -0.464 e. The molecule has 0 fully saturated rings. The molecule has 0 aliphatic carbocycles. The number of amides is 1. The van der Waals surface area contributed by atoms with E-state index in [0.29, 0.717) is 11.4 Å². The predicted octanol–water partition coefficient (Wildman–Crippen LogP) is 1.50. The second kappa shape index (κ2) is 5.66. The van der Waals surface area contributed by atoms with Crippen LogP contribution in [0.15, 0.2) is 0 Å². The summed E-state index contributed by atoms with van der Waals surface area (Å²) in [6.07, 6.45) is 0.735. The van der Waals surface area contributed by atoms with E-state index in [-0.39, 0.29) is 17.5 Å². The van der Waals surface area contributed by atoms with Crippen LogP contribution in [0.5, 0.6) is 0 Å². The van der Waals surface area contributed by atoms with Gasteiger partial charge in [-0.2, -0.15) is 5.10 Å². The molecule has 100 valence electrons. The van der Waals surface area contributed by atoms with Gasteiger partial charge in [0.15, 0.2) is 5.69 Å². The van der Waals surface area contributed by atoms with E-state index >= 15 is 0 Å². The third-order valence-electron chi connectivity index (χ3n) is 2.91. The molecule has 18 heavy (non-hydrogen) atoms. The number of methoxy groups -OCH3 is 1. The molecule has 1 heterocycles. The first kappa shape index (κ1) is 14.2. The normalized spacial score (nSPS) is 12.1. The van der Waals surface area contributed by atoms with Crippen molar-refractivity contribution in [2.75, 3.05) is 12.4 Å². The third-order valence-corrected chi connectivity index (χ3v) is 2.91. The van der Waals surface area contributed by atoms with Crippen LogP contribution < -0.4 is 5.32 Å². The molecule has 1 aromatic rings. The average Bonchev–Trinajstić information content (AvgIpc) is 2.62. The van der Waals surface area contributed by atoms with Gasteiger partial charge < -0.3 is 10.1 Å². The topological polar surface area (TPSA) is 73.2 Å². The van der Waals surface area contributed by atoms with Crippen molar-refractivity contribution in [1.29, 1.82) is 0 Å². The number of hydrogen-bond donors (Lipinski definition) is 1.